The number of nitrogens with zero attached hydrogens (tertiary/aromatic N) is 3. The zero-order valence-corrected chi connectivity index (χ0v) is 14.6. The van der Waals surface area contributed by atoms with Crippen molar-refractivity contribution in [1.29, 1.82) is 0 Å². The fourth-order valence-corrected chi connectivity index (χ4v) is 4.24. The summed E-state index contributed by atoms with van der Waals surface area (Å²) in [5.41, 5.74) is 3.63. The molecule has 1 aliphatic heterocycles. The molecule has 0 amide bonds. The quantitative estimate of drug-likeness (QED) is 0.678. The minimum absolute atomic E-state index is 0.805. The van der Waals surface area contributed by atoms with Crippen molar-refractivity contribution in [3.05, 3.63) is 53.1 Å². The summed E-state index contributed by atoms with van der Waals surface area (Å²) in [6, 6.07) is 14.5. The number of halogens is 1. The van der Waals surface area contributed by atoms with Crippen LogP contribution in [0.25, 0.3) is 10.2 Å². The number of piperazine rings is 1. The molecule has 0 unspecified atom stereocenters. The van der Waals surface area contributed by atoms with E-state index in [9.17, 15) is 0 Å². The van der Waals surface area contributed by atoms with Crippen LogP contribution < -0.4 is 9.80 Å². The van der Waals surface area contributed by atoms with E-state index in [0.29, 0.717) is 0 Å². The molecule has 0 aliphatic carbocycles. The zero-order valence-electron chi connectivity index (χ0n) is 13.0. The molecule has 0 atom stereocenters. The largest absolute Gasteiger partial charge is 0.368 e. The molecule has 0 radical (unpaired) electrons. The lowest BCUT2D eigenvalue weighted by molar-refractivity contribution is 0.651. The van der Waals surface area contributed by atoms with E-state index in [1.165, 1.54) is 16.0 Å². The molecular weight excluding hydrogens is 326 g/mol. The second-order valence-corrected chi connectivity index (χ2v) is 7.31. The summed E-state index contributed by atoms with van der Waals surface area (Å²) in [7, 11) is 0. The highest BCUT2D eigenvalue weighted by atomic mass is 35.5. The number of anilines is 2. The summed E-state index contributed by atoms with van der Waals surface area (Å²) in [6.45, 7) is 6.12. The summed E-state index contributed by atoms with van der Waals surface area (Å²) in [6.07, 6.45) is 0. The highest BCUT2D eigenvalue weighted by Gasteiger charge is 2.21. The number of fused-ring (bicyclic) bond motifs is 1. The predicted molar refractivity (Wildman–Crippen MR) is 100 cm³/mol. The average Bonchev–Trinajstić information content (AvgIpc) is 3.01. The number of hydrogen-bond acceptors (Lipinski definition) is 4. The van der Waals surface area contributed by atoms with Crippen LogP contribution in [0.1, 0.15) is 5.56 Å². The fourth-order valence-electron chi connectivity index (χ4n) is 3.06. The van der Waals surface area contributed by atoms with Crippen molar-refractivity contribution in [2.75, 3.05) is 36.0 Å². The number of aryl methyl sites for hydroxylation is 1. The third-order valence-electron chi connectivity index (χ3n) is 4.34. The van der Waals surface area contributed by atoms with Gasteiger partial charge in [0.05, 0.1) is 10.2 Å². The molecule has 1 aromatic heterocycles. The van der Waals surface area contributed by atoms with Gasteiger partial charge >= 0.3 is 0 Å². The van der Waals surface area contributed by atoms with Gasteiger partial charge in [-0.1, -0.05) is 41.1 Å². The minimum Gasteiger partial charge on any atom is -0.368 e. The number of hydrogen-bond donors (Lipinski definition) is 0. The molecule has 23 heavy (non-hydrogen) atoms. The smallest absolute Gasteiger partial charge is 0.186 e. The molecule has 0 bridgehead atoms. The third-order valence-corrected chi connectivity index (χ3v) is 5.68. The van der Waals surface area contributed by atoms with Gasteiger partial charge < -0.3 is 9.80 Å². The predicted octanol–water partition coefficient (Wildman–Crippen LogP) is 4.58. The molecule has 2 aromatic carbocycles. The van der Waals surface area contributed by atoms with Gasteiger partial charge in [-0.05, 0) is 36.8 Å². The van der Waals surface area contributed by atoms with E-state index in [1.807, 2.05) is 12.1 Å². The van der Waals surface area contributed by atoms with Crippen molar-refractivity contribution in [2.45, 2.75) is 6.92 Å². The third kappa shape index (κ3) is 2.89. The minimum atomic E-state index is 0.805. The maximum absolute atomic E-state index is 6.16. The lowest BCUT2D eigenvalue weighted by atomic mass is 10.1. The van der Waals surface area contributed by atoms with Gasteiger partial charge in [-0.25, -0.2) is 4.98 Å². The van der Waals surface area contributed by atoms with Crippen LogP contribution in [0.4, 0.5) is 10.8 Å². The standard InChI is InChI=1S/C18H18ClN3S/c1-13-6-7-14(19)12-16(13)21-8-10-22(11-9-21)18-20-15-4-2-3-5-17(15)23-18/h2-7,12H,8-11H2,1H3. The van der Waals surface area contributed by atoms with Crippen LogP contribution in [0.15, 0.2) is 42.5 Å². The lowest BCUT2D eigenvalue weighted by Crippen LogP contribution is -2.46. The SMILES string of the molecule is Cc1ccc(Cl)cc1N1CCN(c2nc3ccccc3s2)CC1. The van der Waals surface area contributed by atoms with E-state index in [-0.39, 0.29) is 0 Å². The summed E-state index contributed by atoms with van der Waals surface area (Å²) < 4.78 is 1.26. The molecule has 0 saturated carbocycles. The van der Waals surface area contributed by atoms with E-state index in [4.69, 9.17) is 16.6 Å². The van der Waals surface area contributed by atoms with Crippen LogP contribution in [0.5, 0.6) is 0 Å². The van der Waals surface area contributed by atoms with Gasteiger partial charge in [0.15, 0.2) is 5.13 Å². The van der Waals surface area contributed by atoms with Gasteiger partial charge in [0.1, 0.15) is 0 Å². The van der Waals surface area contributed by atoms with Gasteiger partial charge in [0, 0.05) is 36.9 Å². The molecule has 1 fully saturated rings. The Morgan fingerprint density at radius 3 is 2.52 bits per heavy atom. The number of rotatable bonds is 2. The first-order valence-corrected chi connectivity index (χ1v) is 9.02. The Hall–Kier alpha value is -1.78. The number of para-hydroxylation sites is 1. The lowest BCUT2D eigenvalue weighted by Gasteiger charge is -2.36. The van der Waals surface area contributed by atoms with Gasteiger partial charge in [-0.3, -0.25) is 0 Å². The highest BCUT2D eigenvalue weighted by molar-refractivity contribution is 7.22. The van der Waals surface area contributed by atoms with Crippen molar-refractivity contribution in [2.24, 2.45) is 0 Å². The molecule has 3 aromatic rings. The van der Waals surface area contributed by atoms with E-state index >= 15 is 0 Å². The molecule has 5 heteroatoms. The average molecular weight is 344 g/mol. The highest BCUT2D eigenvalue weighted by Crippen LogP contribution is 2.30. The second kappa shape index (κ2) is 6.02. The van der Waals surface area contributed by atoms with Crippen molar-refractivity contribution in [1.82, 2.24) is 4.98 Å². The van der Waals surface area contributed by atoms with Crippen molar-refractivity contribution in [3.63, 3.8) is 0 Å². The number of thiazole rings is 1. The Morgan fingerprint density at radius 2 is 1.74 bits per heavy atom. The number of benzene rings is 2. The van der Waals surface area contributed by atoms with Crippen molar-refractivity contribution in [3.8, 4) is 0 Å². The molecule has 4 rings (SSSR count). The first-order chi connectivity index (χ1) is 11.2. The number of aromatic nitrogens is 1. The Balaban J connectivity index is 1.51. The first-order valence-electron chi connectivity index (χ1n) is 7.82. The second-order valence-electron chi connectivity index (χ2n) is 5.87. The van der Waals surface area contributed by atoms with Crippen molar-refractivity contribution < 1.29 is 0 Å². The molecular formula is C18H18ClN3S. The molecule has 118 valence electrons. The molecule has 2 heterocycles. The molecule has 0 spiro atoms. The van der Waals surface area contributed by atoms with Crippen LogP contribution >= 0.6 is 22.9 Å². The van der Waals surface area contributed by atoms with Gasteiger partial charge in [-0.15, -0.1) is 0 Å². The summed E-state index contributed by atoms with van der Waals surface area (Å²) >= 11 is 7.94. The normalized spacial score (nSPS) is 15.4. The summed E-state index contributed by atoms with van der Waals surface area (Å²) in [5, 5.41) is 1.94. The fraction of sp³-hybridized carbons (Fsp3) is 0.278. The van der Waals surface area contributed by atoms with E-state index in [0.717, 1.165) is 41.8 Å². The molecule has 1 aliphatic rings. The zero-order chi connectivity index (χ0) is 15.8. The summed E-state index contributed by atoms with van der Waals surface area (Å²) in [4.78, 5) is 9.58. The van der Waals surface area contributed by atoms with Crippen LogP contribution in [0, 0.1) is 6.92 Å². The van der Waals surface area contributed by atoms with Gasteiger partial charge in [0.25, 0.3) is 0 Å². The van der Waals surface area contributed by atoms with Crippen LogP contribution in [0.2, 0.25) is 5.02 Å². The monoisotopic (exact) mass is 343 g/mol. The van der Waals surface area contributed by atoms with Crippen LogP contribution in [-0.4, -0.2) is 31.2 Å². The van der Waals surface area contributed by atoms with E-state index in [1.54, 1.807) is 11.3 Å². The van der Waals surface area contributed by atoms with E-state index in [2.05, 4.69) is 47.1 Å². The Bertz CT molecular complexity index is 804. The van der Waals surface area contributed by atoms with Crippen LogP contribution in [-0.2, 0) is 0 Å². The maximum Gasteiger partial charge on any atom is 0.186 e. The summed E-state index contributed by atoms with van der Waals surface area (Å²) in [5.74, 6) is 0. The Labute approximate surface area is 145 Å². The van der Waals surface area contributed by atoms with E-state index < -0.39 is 0 Å². The first kappa shape index (κ1) is 14.8. The maximum atomic E-state index is 6.16. The molecule has 1 saturated heterocycles. The Kier molecular flexibility index (Phi) is 3.87. The Morgan fingerprint density at radius 1 is 1.00 bits per heavy atom. The van der Waals surface area contributed by atoms with Crippen molar-refractivity contribution >= 4 is 44.0 Å². The molecule has 0 N–H and O–H groups in total. The topological polar surface area (TPSA) is 19.4 Å². The molecule has 3 nitrogen and oxygen atoms in total. The van der Waals surface area contributed by atoms with Crippen LogP contribution in [0.3, 0.4) is 0 Å². The van der Waals surface area contributed by atoms with Gasteiger partial charge in [0.2, 0.25) is 0 Å². The van der Waals surface area contributed by atoms with Gasteiger partial charge in [-0.2, -0.15) is 0 Å².